The molecule has 1 aliphatic rings. The summed E-state index contributed by atoms with van der Waals surface area (Å²) in [7, 11) is 1.64. The summed E-state index contributed by atoms with van der Waals surface area (Å²) in [6, 6.07) is 9.74. The quantitative estimate of drug-likeness (QED) is 0.825. The molecule has 0 saturated heterocycles. The van der Waals surface area contributed by atoms with Crippen LogP contribution in [0.4, 0.5) is 13.6 Å². The first-order valence-electron chi connectivity index (χ1n) is 8.16. The number of benzene rings is 2. The van der Waals surface area contributed by atoms with Gasteiger partial charge in [-0.05, 0) is 49.8 Å². The number of urea groups is 1. The average molecular weight is 374 g/mol. The summed E-state index contributed by atoms with van der Waals surface area (Å²) in [4.78, 5) is 23.4. The lowest BCUT2D eigenvalue weighted by Gasteiger charge is -2.28. The van der Waals surface area contributed by atoms with E-state index >= 15 is 0 Å². The molecule has 7 heteroatoms. The van der Waals surface area contributed by atoms with Gasteiger partial charge in [-0.15, -0.1) is 0 Å². The summed E-state index contributed by atoms with van der Waals surface area (Å²) in [5.41, 5.74) is 2.60. The number of rotatable bonds is 2. The van der Waals surface area contributed by atoms with E-state index in [-0.39, 0.29) is 6.03 Å². The van der Waals surface area contributed by atoms with Crippen molar-refractivity contribution in [1.82, 2.24) is 10.2 Å². The number of hydrogen-bond donors (Lipinski definition) is 2. The Morgan fingerprint density at radius 1 is 1.11 bits per heavy atom. The normalized spacial score (nSPS) is 16.0. The van der Waals surface area contributed by atoms with Crippen LogP contribution in [0, 0.1) is 18.6 Å². The molecule has 0 saturated carbocycles. The topological polar surface area (TPSA) is 69.6 Å². The van der Waals surface area contributed by atoms with Crippen LogP contribution in [-0.2, 0) is 0 Å². The molecular weight excluding hydrogens is 354 g/mol. The van der Waals surface area contributed by atoms with E-state index in [1.807, 2.05) is 13.0 Å². The Kier molecular flexibility index (Phi) is 6.28. The molecule has 3 rings (SSSR count). The molecule has 2 aromatic rings. The van der Waals surface area contributed by atoms with Crippen LogP contribution in [-0.4, -0.2) is 29.1 Å². The van der Waals surface area contributed by atoms with Gasteiger partial charge in [-0.3, -0.25) is 0 Å². The number of allylic oxidation sites excluding steroid dienone is 1. The monoisotopic (exact) mass is 374 g/mol. The fourth-order valence-electron chi connectivity index (χ4n) is 2.45. The highest BCUT2D eigenvalue weighted by Gasteiger charge is 2.22. The number of nitrogens with one attached hydrogen (secondary N) is 1. The highest BCUT2D eigenvalue weighted by Crippen LogP contribution is 2.23. The van der Waals surface area contributed by atoms with E-state index in [9.17, 15) is 18.4 Å². The number of halogens is 2. The van der Waals surface area contributed by atoms with Crippen molar-refractivity contribution in [2.45, 2.75) is 19.9 Å². The van der Waals surface area contributed by atoms with E-state index in [0.717, 1.165) is 23.4 Å². The molecule has 2 N–H and O–H groups in total. The summed E-state index contributed by atoms with van der Waals surface area (Å²) >= 11 is 0. The Morgan fingerprint density at radius 3 is 2.33 bits per heavy atom. The third kappa shape index (κ3) is 5.13. The van der Waals surface area contributed by atoms with Gasteiger partial charge in [0.1, 0.15) is 0 Å². The van der Waals surface area contributed by atoms with Crippen LogP contribution < -0.4 is 5.32 Å². The van der Waals surface area contributed by atoms with Gasteiger partial charge in [0.25, 0.3) is 0 Å². The van der Waals surface area contributed by atoms with Crippen LogP contribution in [0.15, 0.2) is 54.2 Å². The maximum Gasteiger partial charge on any atom is 0.335 e. The number of carbonyl (C=O) groups excluding carboxylic acids is 1. The fourth-order valence-corrected chi connectivity index (χ4v) is 2.45. The molecule has 0 bridgehead atoms. The number of carboxylic acids is 1. The number of carbonyl (C=O) groups is 2. The Labute approximate surface area is 155 Å². The fraction of sp³-hybridized carbons (Fsp3) is 0.200. The Hall–Kier alpha value is -3.22. The Bertz CT molecular complexity index is 897. The molecule has 2 aromatic carbocycles. The molecule has 0 spiro atoms. The predicted molar refractivity (Wildman–Crippen MR) is 97.3 cm³/mol. The molecule has 0 aliphatic carbocycles. The lowest BCUT2D eigenvalue weighted by atomic mass is 10.0. The molecular formula is C20H20F2N2O3. The largest absolute Gasteiger partial charge is 0.478 e. The molecule has 5 nitrogen and oxygen atoms in total. The van der Waals surface area contributed by atoms with Gasteiger partial charge in [0, 0.05) is 12.7 Å². The maximum absolute atomic E-state index is 13.1. The van der Waals surface area contributed by atoms with E-state index in [1.165, 1.54) is 11.0 Å². The van der Waals surface area contributed by atoms with Gasteiger partial charge in [0.15, 0.2) is 11.6 Å². The summed E-state index contributed by atoms with van der Waals surface area (Å²) < 4.78 is 25.9. The molecule has 1 aliphatic heterocycles. The molecule has 2 amide bonds. The van der Waals surface area contributed by atoms with E-state index in [0.29, 0.717) is 11.1 Å². The first kappa shape index (κ1) is 20.1. The number of nitrogens with zero attached hydrogens (tertiary/aromatic N) is 1. The average Bonchev–Trinajstić information content (AvgIpc) is 2.62. The van der Waals surface area contributed by atoms with Gasteiger partial charge in [0.2, 0.25) is 0 Å². The number of hydrogen-bond acceptors (Lipinski definition) is 2. The number of carboxylic acid groups (broad SMARTS) is 1. The van der Waals surface area contributed by atoms with Gasteiger partial charge in [-0.25, -0.2) is 18.4 Å². The van der Waals surface area contributed by atoms with Gasteiger partial charge in [-0.1, -0.05) is 23.8 Å². The van der Waals surface area contributed by atoms with Crippen LogP contribution in [0.1, 0.15) is 34.5 Å². The summed E-state index contributed by atoms with van der Waals surface area (Å²) in [6.07, 6.45) is 1.79. The van der Waals surface area contributed by atoms with Gasteiger partial charge in [0.05, 0.1) is 11.6 Å². The third-order valence-electron chi connectivity index (χ3n) is 4.09. The lowest BCUT2D eigenvalue weighted by Crippen LogP contribution is -2.42. The minimum Gasteiger partial charge on any atom is -0.478 e. The summed E-state index contributed by atoms with van der Waals surface area (Å²) in [6.45, 7) is 3.65. The Balaban J connectivity index is 0.000000223. The summed E-state index contributed by atoms with van der Waals surface area (Å²) in [5, 5.41) is 11.2. The lowest BCUT2D eigenvalue weighted by molar-refractivity contribution is 0.0696. The second-order valence-corrected chi connectivity index (χ2v) is 6.14. The van der Waals surface area contributed by atoms with Crippen molar-refractivity contribution >= 4 is 12.0 Å². The molecule has 0 aromatic heterocycles. The van der Waals surface area contributed by atoms with Crippen molar-refractivity contribution in [3.05, 3.63) is 82.6 Å². The SMILES string of the molecule is CC1=C[C@H](c2ccc(F)c(F)c2)NC(=O)N1C.Cc1cccc(C(=O)O)c1. The van der Waals surface area contributed by atoms with Crippen molar-refractivity contribution in [1.29, 1.82) is 0 Å². The first-order chi connectivity index (χ1) is 12.7. The van der Waals surface area contributed by atoms with E-state index in [4.69, 9.17) is 5.11 Å². The predicted octanol–water partition coefficient (Wildman–Crippen LogP) is 4.26. The van der Waals surface area contributed by atoms with E-state index in [1.54, 1.807) is 38.2 Å². The van der Waals surface area contributed by atoms with Crippen LogP contribution in [0.3, 0.4) is 0 Å². The van der Waals surface area contributed by atoms with Crippen LogP contribution >= 0.6 is 0 Å². The standard InChI is InChI=1S/C12H12F2N2O.C8H8O2/c1-7-5-11(15-12(17)16(7)2)8-3-4-9(13)10(14)6-8;1-6-3-2-4-7(5-6)8(9)10/h3-6,11H,1-2H3,(H,15,17);2-5H,1H3,(H,9,10)/t11-;/m1./s1. The smallest absolute Gasteiger partial charge is 0.335 e. The van der Waals surface area contributed by atoms with Gasteiger partial charge < -0.3 is 15.3 Å². The number of aromatic carboxylic acids is 1. The highest BCUT2D eigenvalue weighted by molar-refractivity contribution is 5.87. The number of amides is 2. The molecule has 142 valence electrons. The maximum atomic E-state index is 13.1. The minimum absolute atomic E-state index is 0.264. The van der Waals surface area contributed by atoms with Crippen molar-refractivity contribution in [3.8, 4) is 0 Å². The second-order valence-electron chi connectivity index (χ2n) is 6.14. The van der Waals surface area contributed by atoms with Crippen molar-refractivity contribution in [3.63, 3.8) is 0 Å². The zero-order valence-electron chi connectivity index (χ0n) is 15.2. The van der Waals surface area contributed by atoms with Gasteiger partial charge in [-0.2, -0.15) is 0 Å². The van der Waals surface area contributed by atoms with Crippen molar-refractivity contribution in [2.24, 2.45) is 0 Å². The molecule has 0 radical (unpaired) electrons. The molecule has 0 unspecified atom stereocenters. The molecule has 0 fully saturated rings. The zero-order chi connectivity index (χ0) is 20.1. The Morgan fingerprint density at radius 2 is 1.81 bits per heavy atom. The molecule has 27 heavy (non-hydrogen) atoms. The molecule has 1 atom stereocenters. The van der Waals surface area contributed by atoms with E-state index in [2.05, 4.69) is 5.32 Å². The summed E-state index contributed by atoms with van der Waals surface area (Å²) in [5.74, 6) is -2.68. The molecule has 1 heterocycles. The third-order valence-corrected chi connectivity index (χ3v) is 4.09. The second kappa shape index (κ2) is 8.44. The van der Waals surface area contributed by atoms with Gasteiger partial charge >= 0.3 is 12.0 Å². The van der Waals surface area contributed by atoms with Crippen molar-refractivity contribution < 1.29 is 23.5 Å². The van der Waals surface area contributed by atoms with Crippen LogP contribution in [0.2, 0.25) is 0 Å². The first-order valence-corrected chi connectivity index (χ1v) is 8.16. The highest BCUT2D eigenvalue weighted by atomic mass is 19.2. The minimum atomic E-state index is -0.915. The van der Waals surface area contributed by atoms with Crippen LogP contribution in [0.25, 0.3) is 0 Å². The van der Waals surface area contributed by atoms with E-state index < -0.39 is 23.6 Å². The zero-order valence-corrected chi connectivity index (χ0v) is 15.2. The van der Waals surface area contributed by atoms with Crippen LogP contribution in [0.5, 0.6) is 0 Å². The van der Waals surface area contributed by atoms with Crippen molar-refractivity contribution in [2.75, 3.05) is 7.05 Å². The number of aryl methyl sites for hydroxylation is 1.